The lowest BCUT2D eigenvalue weighted by Gasteiger charge is -2.35. The lowest BCUT2D eigenvalue weighted by Crippen LogP contribution is -2.53. The van der Waals surface area contributed by atoms with Gasteiger partial charge in [0.1, 0.15) is 12.2 Å². The molecule has 1 spiro atoms. The summed E-state index contributed by atoms with van der Waals surface area (Å²) in [5.74, 6) is 1.38. The minimum atomic E-state index is -0.557. The van der Waals surface area contributed by atoms with Gasteiger partial charge in [0, 0.05) is 19.0 Å². The van der Waals surface area contributed by atoms with Gasteiger partial charge in [-0.25, -0.2) is 4.68 Å². The van der Waals surface area contributed by atoms with E-state index in [2.05, 4.69) is 5.10 Å². The van der Waals surface area contributed by atoms with Crippen molar-refractivity contribution in [3.8, 4) is 0 Å². The van der Waals surface area contributed by atoms with E-state index in [0.29, 0.717) is 44.3 Å². The van der Waals surface area contributed by atoms with E-state index in [4.69, 9.17) is 4.74 Å². The Balaban J connectivity index is 1.41. The molecule has 5 rings (SSSR count). The Morgan fingerprint density at radius 1 is 1.16 bits per heavy atom. The van der Waals surface area contributed by atoms with Crippen LogP contribution < -0.4 is 11.1 Å². The van der Waals surface area contributed by atoms with Crippen molar-refractivity contribution in [1.29, 1.82) is 0 Å². The molecule has 4 aliphatic rings. The van der Waals surface area contributed by atoms with E-state index in [1.807, 2.05) is 4.90 Å². The summed E-state index contributed by atoms with van der Waals surface area (Å²) in [6, 6.07) is 0. The van der Waals surface area contributed by atoms with Gasteiger partial charge in [-0.2, -0.15) is 5.10 Å². The maximum absolute atomic E-state index is 12.6. The number of aromatic nitrogens is 3. The van der Waals surface area contributed by atoms with Crippen molar-refractivity contribution in [3.05, 3.63) is 26.5 Å². The molecule has 3 fully saturated rings. The van der Waals surface area contributed by atoms with E-state index in [9.17, 15) is 14.4 Å². The van der Waals surface area contributed by atoms with Gasteiger partial charge >= 0.3 is 11.1 Å². The predicted octanol–water partition coefficient (Wildman–Crippen LogP) is -0.274. The van der Waals surface area contributed by atoms with Crippen LogP contribution in [0.2, 0.25) is 0 Å². The van der Waals surface area contributed by atoms with Gasteiger partial charge in [-0.05, 0) is 38.0 Å². The largest absolute Gasteiger partial charge is 0.363 e. The fourth-order valence-corrected chi connectivity index (χ4v) is 3.94. The number of amides is 1. The second kappa shape index (κ2) is 5.27. The Hall–Kier alpha value is -1.96. The first-order chi connectivity index (χ1) is 12.0. The van der Waals surface area contributed by atoms with Crippen molar-refractivity contribution < 1.29 is 9.53 Å². The summed E-state index contributed by atoms with van der Waals surface area (Å²) in [5.41, 5.74) is -1.62. The van der Waals surface area contributed by atoms with Gasteiger partial charge in [0.25, 0.3) is 0 Å². The number of hydrogen-bond donors (Lipinski definition) is 0. The minimum Gasteiger partial charge on any atom is -0.363 e. The molecule has 0 unspecified atom stereocenters. The summed E-state index contributed by atoms with van der Waals surface area (Å²) >= 11 is 0. The number of hydrogen-bond acceptors (Lipinski definition) is 5. The van der Waals surface area contributed by atoms with Gasteiger partial charge in [-0.3, -0.25) is 19.0 Å². The van der Waals surface area contributed by atoms with Crippen molar-refractivity contribution in [2.75, 3.05) is 13.1 Å². The van der Waals surface area contributed by atoms with E-state index >= 15 is 0 Å². The number of likely N-dealkylation sites (tertiary alicyclic amines) is 1. The maximum Gasteiger partial charge on any atom is 0.332 e. The Labute approximate surface area is 144 Å². The molecule has 1 amide bonds. The molecule has 1 aromatic heterocycles. The molecular formula is C17H22N4O4. The molecule has 0 aromatic carbocycles. The minimum absolute atomic E-state index is 0.185. The zero-order valence-electron chi connectivity index (χ0n) is 14.1. The molecule has 0 bridgehead atoms. The predicted molar refractivity (Wildman–Crippen MR) is 86.9 cm³/mol. The molecular weight excluding hydrogens is 324 g/mol. The normalized spacial score (nSPS) is 28.4. The summed E-state index contributed by atoms with van der Waals surface area (Å²) in [4.78, 5) is 39.0. The Kier molecular flexibility index (Phi) is 3.22. The number of carbonyl (C=O) groups is 1. The SMILES string of the molecule is O=C(C1CC1)N1CC[C@]2(C1)Cn1c(nn(CC3CC3)c(=O)c1=O)CO2. The average Bonchev–Trinajstić information content (AvgIpc) is 3.52. The quantitative estimate of drug-likeness (QED) is 0.703. The second-order valence-corrected chi connectivity index (χ2v) is 7.99. The molecule has 2 saturated carbocycles. The third kappa shape index (κ3) is 2.63. The van der Waals surface area contributed by atoms with Gasteiger partial charge in [0.05, 0.1) is 13.1 Å². The maximum atomic E-state index is 12.6. The van der Waals surface area contributed by atoms with Crippen LogP contribution in [0.4, 0.5) is 0 Å². The topological polar surface area (TPSA) is 86.4 Å². The fraction of sp³-hybridized carbons (Fsp3) is 0.765. The molecule has 1 aromatic rings. The lowest BCUT2D eigenvalue weighted by atomic mass is 10.0. The summed E-state index contributed by atoms with van der Waals surface area (Å²) in [6.07, 6.45) is 4.85. The first kappa shape index (κ1) is 15.3. The average molecular weight is 346 g/mol. The Morgan fingerprint density at radius 2 is 1.96 bits per heavy atom. The van der Waals surface area contributed by atoms with Crippen LogP contribution in [0.5, 0.6) is 0 Å². The van der Waals surface area contributed by atoms with Crippen LogP contribution in [0.15, 0.2) is 9.59 Å². The standard InChI is InChI=1S/C17H22N4O4/c22-14(12-3-4-12)19-6-5-17(9-19)10-20-13(8-25-17)18-21(7-11-1-2-11)16(24)15(20)23/h11-12H,1-10H2/t17-/m0/s1. The molecule has 0 radical (unpaired) electrons. The zero-order chi connectivity index (χ0) is 17.2. The summed E-state index contributed by atoms with van der Waals surface area (Å²) in [5, 5.41) is 4.36. The van der Waals surface area contributed by atoms with Crippen molar-refractivity contribution in [2.24, 2.45) is 11.8 Å². The number of carbonyl (C=O) groups excluding carboxylic acids is 1. The Morgan fingerprint density at radius 3 is 2.68 bits per heavy atom. The van der Waals surface area contributed by atoms with Crippen molar-refractivity contribution in [1.82, 2.24) is 19.2 Å². The molecule has 25 heavy (non-hydrogen) atoms. The van der Waals surface area contributed by atoms with Gasteiger partial charge in [-0.15, -0.1) is 0 Å². The van der Waals surface area contributed by atoms with Crippen LogP contribution in [-0.2, 0) is 29.2 Å². The summed E-state index contributed by atoms with van der Waals surface area (Å²) < 4.78 is 8.86. The van der Waals surface area contributed by atoms with Gasteiger partial charge < -0.3 is 9.64 Å². The van der Waals surface area contributed by atoms with Crippen LogP contribution in [0.25, 0.3) is 0 Å². The molecule has 0 N–H and O–H groups in total. The number of fused-ring (bicyclic) bond motifs is 1. The molecule has 1 atom stereocenters. The van der Waals surface area contributed by atoms with Gasteiger partial charge in [0.2, 0.25) is 5.91 Å². The van der Waals surface area contributed by atoms with Gasteiger partial charge in [-0.1, -0.05) is 0 Å². The van der Waals surface area contributed by atoms with Crippen molar-refractivity contribution >= 4 is 5.91 Å². The zero-order valence-corrected chi connectivity index (χ0v) is 14.1. The van der Waals surface area contributed by atoms with Crippen LogP contribution in [0.1, 0.15) is 37.9 Å². The van der Waals surface area contributed by atoms with E-state index < -0.39 is 16.7 Å². The number of nitrogens with zero attached hydrogens (tertiary/aromatic N) is 4. The van der Waals surface area contributed by atoms with Crippen molar-refractivity contribution in [3.63, 3.8) is 0 Å². The highest BCUT2D eigenvalue weighted by molar-refractivity contribution is 5.81. The molecule has 1 saturated heterocycles. The Bertz CT molecular complexity index is 851. The van der Waals surface area contributed by atoms with Crippen molar-refractivity contribution in [2.45, 2.75) is 57.4 Å². The van der Waals surface area contributed by atoms with Gasteiger partial charge in [0.15, 0.2) is 5.82 Å². The van der Waals surface area contributed by atoms with E-state index in [-0.39, 0.29) is 18.4 Å². The third-order valence-corrected chi connectivity index (χ3v) is 5.85. The first-order valence-corrected chi connectivity index (χ1v) is 9.18. The molecule has 2 aliphatic heterocycles. The first-order valence-electron chi connectivity index (χ1n) is 9.18. The fourth-order valence-electron chi connectivity index (χ4n) is 3.94. The van der Waals surface area contributed by atoms with E-state index in [1.54, 1.807) is 0 Å². The van der Waals surface area contributed by atoms with Crippen LogP contribution in [0, 0.1) is 11.8 Å². The highest BCUT2D eigenvalue weighted by atomic mass is 16.5. The molecule has 8 nitrogen and oxygen atoms in total. The van der Waals surface area contributed by atoms with Crippen LogP contribution >= 0.6 is 0 Å². The molecule has 3 heterocycles. The summed E-state index contributed by atoms with van der Waals surface area (Å²) in [7, 11) is 0. The van der Waals surface area contributed by atoms with E-state index in [1.165, 1.54) is 9.25 Å². The highest BCUT2D eigenvalue weighted by Gasteiger charge is 2.47. The number of rotatable bonds is 3. The summed E-state index contributed by atoms with van der Waals surface area (Å²) in [6.45, 7) is 2.20. The third-order valence-electron chi connectivity index (χ3n) is 5.85. The van der Waals surface area contributed by atoms with Crippen LogP contribution in [-0.4, -0.2) is 43.8 Å². The lowest BCUT2D eigenvalue weighted by molar-refractivity contribution is -0.134. The highest BCUT2D eigenvalue weighted by Crippen LogP contribution is 2.36. The number of ether oxygens (including phenoxy) is 1. The second-order valence-electron chi connectivity index (χ2n) is 7.99. The monoisotopic (exact) mass is 346 g/mol. The van der Waals surface area contributed by atoms with E-state index in [0.717, 1.165) is 25.7 Å². The smallest absolute Gasteiger partial charge is 0.332 e. The molecule has 134 valence electrons. The molecule has 8 heteroatoms. The van der Waals surface area contributed by atoms with Crippen LogP contribution in [0.3, 0.4) is 0 Å². The molecule has 2 aliphatic carbocycles.